The molecular formula is C6H9N3O4. The first-order chi connectivity index (χ1) is 6.16. The summed E-state index contributed by atoms with van der Waals surface area (Å²) < 4.78 is 0. The van der Waals surface area contributed by atoms with Crippen molar-refractivity contribution in [2.24, 2.45) is 5.28 Å². The van der Waals surface area contributed by atoms with Crippen LogP contribution in [-0.2, 0) is 14.4 Å². The maximum atomic E-state index is 10.6. The lowest BCUT2D eigenvalue weighted by molar-refractivity contribution is -0.305. The highest BCUT2D eigenvalue weighted by Crippen LogP contribution is 2.00. The standard InChI is InChI=1S/C6H9N3O4/c7-8-9-13-6(12)4-2-1-3-5(10)11/h7H,1-4H2. The minimum absolute atomic E-state index is 0.0618. The molecule has 0 amide bonds. The molecular weight excluding hydrogens is 178 g/mol. The third-order valence-electron chi connectivity index (χ3n) is 1.20. The molecule has 0 heterocycles. The van der Waals surface area contributed by atoms with Crippen molar-refractivity contribution in [1.82, 2.24) is 4.91 Å². The highest BCUT2D eigenvalue weighted by molar-refractivity contribution is 5.69. The van der Waals surface area contributed by atoms with E-state index in [9.17, 15) is 14.7 Å². The Morgan fingerprint density at radius 1 is 1.38 bits per heavy atom. The van der Waals surface area contributed by atoms with Crippen LogP contribution in [0.2, 0.25) is 0 Å². The number of unbranched alkanes of at least 4 members (excludes halogenated alkanes) is 1. The van der Waals surface area contributed by atoms with E-state index in [-0.39, 0.29) is 12.8 Å². The Kier molecular flexibility index (Phi) is 6.00. The number of hydrogen-bond acceptors (Lipinski definition) is 6. The van der Waals surface area contributed by atoms with Crippen molar-refractivity contribution in [2.45, 2.75) is 25.7 Å². The van der Waals surface area contributed by atoms with Gasteiger partial charge in [-0.05, 0) is 19.3 Å². The zero-order chi connectivity index (χ0) is 10.1. The molecule has 7 nitrogen and oxygen atoms in total. The maximum absolute atomic E-state index is 10.6. The topological polar surface area (TPSA) is 117 Å². The Hall–Kier alpha value is -1.75. The first kappa shape index (κ1) is 11.2. The molecule has 1 N–H and O–H groups in total. The highest BCUT2D eigenvalue weighted by atomic mass is 16.7. The minimum atomic E-state index is -1.14. The van der Waals surface area contributed by atoms with Crippen molar-refractivity contribution < 1.29 is 19.5 Å². The summed E-state index contributed by atoms with van der Waals surface area (Å²) in [6.45, 7) is 0. The van der Waals surface area contributed by atoms with Crippen LogP contribution in [0.5, 0.6) is 0 Å². The molecule has 0 aromatic heterocycles. The van der Waals surface area contributed by atoms with Crippen LogP contribution < -0.4 is 10.0 Å². The van der Waals surface area contributed by atoms with E-state index in [4.69, 9.17) is 5.53 Å². The van der Waals surface area contributed by atoms with Crippen molar-refractivity contribution >= 4 is 11.9 Å². The molecule has 0 saturated carbocycles. The third kappa shape index (κ3) is 8.15. The van der Waals surface area contributed by atoms with Crippen molar-refractivity contribution in [3.63, 3.8) is 0 Å². The lowest BCUT2D eigenvalue weighted by atomic mass is 10.2. The van der Waals surface area contributed by atoms with Gasteiger partial charge in [0.2, 0.25) is 0 Å². The molecule has 0 bridgehead atoms. The Balaban J connectivity index is 3.37. The van der Waals surface area contributed by atoms with E-state index in [1.165, 1.54) is 0 Å². The van der Waals surface area contributed by atoms with Crippen LogP contribution in [0.1, 0.15) is 25.7 Å². The summed E-state index contributed by atoms with van der Waals surface area (Å²) >= 11 is 0. The lowest BCUT2D eigenvalue weighted by Crippen LogP contribution is -2.21. The molecule has 0 atom stereocenters. The second-order valence-corrected chi connectivity index (χ2v) is 2.22. The van der Waals surface area contributed by atoms with Gasteiger partial charge in [0.1, 0.15) is 5.53 Å². The Labute approximate surface area is 73.9 Å². The number of rotatable bonds is 6. The maximum Gasteiger partial charge on any atom is 0.366 e. The second-order valence-electron chi connectivity index (χ2n) is 2.22. The number of aliphatic carboxylic acids is 1. The Morgan fingerprint density at radius 3 is 2.54 bits per heavy atom. The number of hydrogen-bond donors (Lipinski definition) is 1. The fraction of sp³-hybridized carbons (Fsp3) is 0.667. The van der Waals surface area contributed by atoms with Gasteiger partial charge < -0.3 is 9.90 Å². The van der Waals surface area contributed by atoms with Crippen LogP contribution in [0.25, 0.3) is 0 Å². The summed E-state index contributed by atoms with van der Waals surface area (Å²) in [7, 11) is 0. The average Bonchev–Trinajstić information content (AvgIpc) is 2.08. The second kappa shape index (κ2) is 6.93. The highest BCUT2D eigenvalue weighted by Gasteiger charge is 2.04. The van der Waals surface area contributed by atoms with Crippen molar-refractivity contribution in [2.75, 3.05) is 0 Å². The van der Waals surface area contributed by atoms with Crippen LogP contribution in [0, 0.1) is 5.53 Å². The SMILES string of the molecule is N=[N+]=NOC(=O)CCCCC(=O)[O-]. The van der Waals surface area contributed by atoms with Crippen molar-refractivity contribution in [1.29, 1.82) is 5.53 Å². The van der Waals surface area contributed by atoms with E-state index in [0.29, 0.717) is 12.8 Å². The van der Waals surface area contributed by atoms with Crippen LogP contribution in [0.4, 0.5) is 0 Å². The van der Waals surface area contributed by atoms with Gasteiger partial charge in [-0.15, -0.1) is 0 Å². The molecule has 0 rings (SSSR count). The van der Waals surface area contributed by atoms with Gasteiger partial charge in [0.05, 0.1) is 0 Å². The monoisotopic (exact) mass is 187 g/mol. The molecule has 13 heavy (non-hydrogen) atoms. The number of carboxylic acids is 1. The molecule has 0 aliphatic heterocycles. The van der Waals surface area contributed by atoms with Crippen molar-refractivity contribution in [3.8, 4) is 0 Å². The Bertz CT molecular complexity index is 234. The largest absolute Gasteiger partial charge is 0.550 e. The number of carbonyl (C=O) groups is 2. The normalized spacial score (nSPS) is 8.62. The quantitative estimate of drug-likeness (QED) is 0.256. The fourth-order valence-electron chi connectivity index (χ4n) is 0.650. The van der Waals surface area contributed by atoms with Gasteiger partial charge >= 0.3 is 11.2 Å². The molecule has 72 valence electrons. The summed E-state index contributed by atoms with van der Waals surface area (Å²) in [4.78, 5) is 27.1. The zero-order valence-corrected chi connectivity index (χ0v) is 6.86. The number of nitrogens with zero attached hydrogens (tertiary/aromatic N) is 2. The van der Waals surface area contributed by atoms with E-state index in [1.807, 2.05) is 0 Å². The van der Waals surface area contributed by atoms with Gasteiger partial charge in [0.15, 0.2) is 0 Å². The van der Waals surface area contributed by atoms with Crippen LogP contribution in [0.15, 0.2) is 5.28 Å². The van der Waals surface area contributed by atoms with Crippen LogP contribution >= 0.6 is 0 Å². The van der Waals surface area contributed by atoms with Gasteiger partial charge in [0, 0.05) is 12.4 Å². The molecule has 0 fully saturated rings. The van der Waals surface area contributed by atoms with Gasteiger partial charge in [0.25, 0.3) is 4.91 Å². The van der Waals surface area contributed by atoms with E-state index >= 15 is 0 Å². The smallest absolute Gasteiger partial charge is 0.366 e. The molecule has 0 spiro atoms. The fourth-order valence-corrected chi connectivity index (χ4v) is 0.650. The van der Waals surface area contributed by atoms with Gasteiger partial charge in [-0.25, -0.2) is 4.79 Å². The summed E-state index contributed by atoms with van der Waals surface area (Å²) in [6.07, 6.45) is 0.731. The van der Waals surface area contributed by atoms with E-state index in [2.05, 4.69) is 15.0 Å². The summed E-state index contributed by atoms with van der Waals surface area (Å²) in [5, 5.41) is 12.6. The molecule has 0 aliphatic carbocycles. The number of carbonyl (C=O) groups excluding carboxylic acids is 2. The van der Waals surface area contributed by atoms with E-state index in [1.54, 1.807) is 0 Å². The predicted octanol–water partition coefficient (Wildman–Crippen LogP) is -0.695. The molecule has 0 saturated heterocycles. The lowest BCUT2D eigenvalue weighted by Gasteiger charge is -1.98. The summed E-state index contributed by atoms with van der Waals surface area (Å²) in [5.74, 6) is -1.77. The first-order valence-corrected chi connectivity index (χ1v) is 3.63. The summed E-state index contributed by atoms with van der Waals surface area (Å²) in [6, 6.07) is 0. The summed E-state index contributed by atoms with van der Waals surface area (Å²) in [5.41, 5.74) is 6.16. The number of nitrogens with one attached hydrogen (secondary N) is 1. The molecule has 0 aromatic carbocycles. The Morgan fingerprint density at radius 2 is 2.00 bits per heavy atom. The molecule has 0 aromatic rings. The van der Waals surface area contributed by atoms with E-state index < -0.39 is 11.9 Å². The first-order valence-electron chi connectivity index (χ1n) is 3.63. The van der Waals surface area contributed by atoms with Gasteiger partial charge in [-0.3, -0.25) is 4.84 Å². The molecule has 7 heteroatoms. The average molecular weight is 187 g/mol. The van der Waals surface area contributed by atoms with Crippen LogP contribution in [0.3, 0.4) is 0 Å². The van der Waals surface area contributed by atoms with E-state index in [0.717, 1.165) is 0 Å². The molecule has 0 radical (unpaired) electrons. The minimum Gasteiger partial charge on any atom is -0.550 e. The number of carboxylic acid groups (broad SMARTS) is 1. The van der Waals surface area contributed by atoms with Crippen molar-refractivity contribution in [3.05, 3.63) is 0 Å². The van der Waals surface area contributed by atoms with Crippen LogP contribution in [-0.4, -0.2) is 11.9 Å². The molecule has 0 aliphatic rings. The predicted molar refractivity (Wildman–Crippen MR) is 36.8 cm³/mol. The zero-order valence-electron chi connectivity index (χ0n) is 6.86. The van der Waals surface area contributed by atoms with Gasteiger partial charge in [-0.2, -0.15) is 0 Å². The molecule has 0 unspecified atom stereocenters. The third-order valence-corrected chi connectivity index (χ3v) is 1.20. The van der Waals surface area contributed by atoms with Gasteiger partial charge in [-0.1, -0.05) is 0 Å².